The van der Waals surface area contributed by atoms with Crippen LogP contribution in [-0.2, 0) is 16.6 Å². The molecule has 0 radical (unpaired) electrons. The van der Waals surface area contributed by atoms with E-state index in [-0.39, 0.29) is 22.8 Å². The number of aromatic nitrogens is 2. The highest BCUT2D eigenvalue weighted by Gasteiger charge is 2.28. The summed E-state index contributed by atoms with van der Waals surface area (Å²) < 4.78 is 6.94. The number of amides is 1. The summed E-state index contributed by atoms with van der Waals surface area (Å²) in [6, 6.07) is 0. The number of ether oxygens (including phenoxy) is 1. The van der Waals surface area contributed by atoms with E-state index in [0.717, 1.165) is 41.6 Å². The molecule has 0 aromatic carbocycles. The van der Waals surface area contributed by atoms with Crippen molar-refractivity contribution in [3.05, 3.63) is 20.8 Å². The maximum atomic E-state index is 12.7. The first-order valence-corrected chi connectivity index (χ1v) is 11.2. The predicted octanol–water partition coefficient (Wildman–Crippen LogP) is 1.93. The SMILES string of the molecule is Cc1sc2nc(SCC(=O)NCC(C)(C)N3CCOCC3)n(C)c(=O)c2c1C. The van der Waals surface area contributed by atoms with E-state index in [4.69, 9.17) is 4.74 Å². The van der Waals surface area contributed by atoms with Crippen LogP contribution in [0.3, 0.4) is 0 Å². The summed E-state index contributed by atoms with van der Waals surface area (Å²) in [6.07, 6.45) is 0. The summed E-state index contributed by atoms with van der Waals surface area (Å²) in [5.74, 6) is 0.174. The average Bonchev–Trinajstić information content (AvgIpc) is 2.96. The van der Waals surface area contributed by atoms with Crippen LogP contribution in [0.25, 0.3) is 10.2 Å². The van der Waals surface area contributed by atoms with Gasteiger partial charge < -0.3 is 10.1 Å². The van der Waals surface area contributed by atoms with Crippen molar-refractivity contribution < 1.29 is 9.53 Å². The average molecular weight is 425 g/mol. The van der Waals surface area contributed by atoms with Crippen LogP contribution in [-0.4, -0.2) is 64.5 Å². The Hall–Kier alpha value is -1.42. The molecule has 7 nitrogen and oxygen atoms in total. The Kier molecular flexibility index (Phi) is 6.48. The number of carbonyl (C=O) groups excluding carboxylic acids is 1. The molecule has 1 amide bonds. The Morgan fingerprint density at radius 3 is 2.68 bits per heavy atom. The number of aryl methyl sites for hydroxylation is 2. The van der Waals surface area contributed by atoms with Crippen molar-refractivity contribution in [3.63, 3.8) is 0 Å². The quantitative estimate of drug-likeness (QED) is 0.564. The van der Waals surface area contributed by atoms with Crippen molar-refractivity contribution in [1.82, 2.24) is 19.8 Å². The van der Waals surface area contributed by atoms with Crippen LogP contribution in [0, 0.1) is 13.8 Å². The van der Waals surface area contributed by atoms with Crippen molar-refractivity contribution in [3.8, 4) is 0 Å². The number of thioether (sulfide) groups is 1. The highest BCUT2D eigenvalue weighted by Crippen LogP contribution is 2.28. The molecular formula is C19H28N4O3S2. The Bertz CT molecular complexity index is 929. The predicted molar refractivity (Wildman–Crippen MR) is 115 cm³/mol. The van der Waals surface area contributed by atoms with Gasteiger partial charge in [0, 0.05) is 37.1 Å². The lowest BCUT2D eigenvalue weighted by molar-refractivity contribution is -0.119. The molecule has 154 valence electrons. The Morgan fingerprint density at radius 1 is 1.32 bits per heavy atom. The molecule has 0 atom stereocenters. The molecule has 0 saturated carbocycles. The van der Waals surface area contributed by atoms with Gasteiger partial charge >= 0.3 is 0 Å². The van der Waals surface area contributed by atoms with Gasteiger partial charge in [0.1, 0.15) is 4.83 Å². The van der Waals surface area contributed by atoms with Crippen molar-refractivity contribution in [2.45, 2.75) is 38.4 Å². The van der Waals surface area contributed by atoms with Gasteiger partial charge in [0.25, 0.3) is 5.56 Å². The van der Waals surface area contributed by atoms with E-state index in [0.29, 0.717) is 17.1 Å². The second-order valence-electron chi connectivity index (χ2n) is 7.70. The summed E-state index contributed by atoms with van der Waals surface area (Å²) >= 11 is 2.82. The summed E-state index contributed by atoms with van der Waals surface area (Å²) in [7, 11) is 1.71. The van der Waals surface area contributed by atoms with Crippen LogP contribution in [0.15, 0.2) is 9.95 Å². The zero-order chi connectivity index (χ0) is 20.5. The Labute approximate surface area is 173 Å². The monoisotopic (exact) mass is 424 g/mol. The fraction of sp³-hybridized carbons (Fsp3) is 0.632. The summed E-state index contributed by atoms with van der Waals surface area (Å²) in [5, 5.41) is 4.28. The lowest BCUT2D eigenvalue weighted by Crippen LogP contribution is -2.55. The minimum atomic E-state index is -0.125. The molecule has 0 spiro atoms. The second kappa shape index (κ2) is 8.52. The molecule has 1 saturated heterocycles. The van der Waals surface area contributed by atoms with Gasteiger partial charge in [-0.05, 0) is 33.3 Å². The first-order valence-electron chi connectivity index (χ1n) is 9.40. The smallest absolute Gasteiger partial charge is 0.262 e. The molecule has 1 N–H and O–H groups in total. The number of morpholine rings is 1. The molecule has 2 aromatic heterocycles. The molecular weight excluding hydrogens is 396 g/mol. The fourth-order valence-corrected chi connectivity index (χ4v) is 5.13. The highest BCUT2D eigenvalue weighted by atomic mass is 32.2. The van der Waals surface area contributed by atoms with E-state index in [2.05, 4.69) is 29.0 Å². The third kappa shape index (κ3) is 4.42. The van der Waals surface area contributed by atoms with Gasteiger partial charge in [0.05, 0.1) is 24.4 Å². The number of fused-ring (bicyclic) bond motifs is 1. The number of rotatable bonds is 6. The zero-order valence-electron chi connectivity index (χ0n) is 17.1. The summed E-state index contributed by atoms with van der Waals surface area (Å²) in [5.41, 5.74) is 0.816. The number of nitrogens with one attached hydrogen (secondary N) is 1. The minimum absolute atomic E-state index is 0.0526. The van der Waals surface area contributed by atoms with Crippen LogP contribution in [0.1, 0.15) is 24.3 Å². The second-order valence-corrected chi connectivity index (χ2v) is 9.84. The Morgan fingerprint density at radius 2 is 2.00 bits per heavy atom. The molecule has 1 fully saturated rings. The lowest BCUT2D eigenvalue weighted by Gasteiger charge is -2.40. The number of nitrogens with zero attached hydrogens (tertiary/aromatic N) is 3. The molecule has 0 aliphatic carbocycles. The molecule has 9 heteroatoms. The molecule has 2 aromatic rings. The molecule has 28 heavy (non-hydrogen) atoms. The van der Waals surface area contributed by atoms with E-state index in [1.807, 2.05) is 13.8 Å². The van der Waals surface area contributed by atoms with E-state index in [9.17, 15) is 9.59 Å². The number of hydrogen-bond donors (Lipinski definition) is 1. The standard InChI is InChI=1S/C19H28N4O3S2/c1-12-13(2)28-16-15(12)17(25)22(5)18(21-16)27-10-14(24)20-11-19(3,4)23-6-8-26-9-7-23/h6-11H2,1-5H3,(H,20,24). The van der Waals surface area contributed by atoms with Crippen molar-refractivity contribution in [2.75, 3.05) is 38.6 Å². The largest absolute Gasteiger partial charge is 0.379 e. The third-order valence-corrected chi connectivity index (χ3v) is 7.42. The van der Waals surface area contributed by atoms with Crippen LogP contribution in [0.5, 0.6) is 0 Å². The van der Waals surface area contributed by atoms with Gasteiger partial charge in [0.15, 0.2) is 5.16 Å². The minimum Gasteiger partial charge on any atom is -0.379 e. The van der Waals surface area contributed by atoms with Gasteiger partial charge in [-0.3, -0.25) is 19.1 Å². The molecule has 3 heterocycles. The summed E-state index contributed by atoms with van der Waals surface area (Å²) in [4.78, 5) is 33.8. The van der Waals surface area contributed by atoms with Gasteiger partial charge in [-0.15, -0.1) is 11.3 Å². The zero-order valence-corrected chi connectivity index (χ0v) is 18.8. The molecule has 0 unspecified atom stereocenters. The maximum absolute atomic E-state index is 12.7. The van der Waals surface area contributed by atoms with Crippen molar-refractivity contribution in [1.29, 1.82) is 0 Å². The number of thiophene rings is 1. The third-order valence-electron chi connectivity index (χ3n) is 5.29. The van der Waals surface area contributed by atoms with Gasteiger partial charge in [-0.25, -0.2) is 4.98 Å². The number of carbonyl (C=O) groups is 1. The first kappa shape index (κ1) is 21.3. The van der Waals surface area contributed by atoms with Gasteiger partial charge in [0.2, 0.25) is 5.91 Å². The van der Waals surface area contributed by atoms with Crippen LogP contribution in [0.2, 0.25) is 0 Å². The van der Waals surface area contributed by atoms with Crippen LogP contribution in [0.4, 0.5) is 0 Å². The topological polar surface area (TPSA) is 76.5 Å². The molecule has 0 bridgehead atoms. The molecule has 1 aliphatic rings. The molecule has 1 aliphatic heterocycles. The Balaban J connectivity index is 1.61. The van der Waals surface area contributed by atoms with E-state index < -0.39 is 0 Å². The molecule has 3 rings (SSSR count). The normalized spacial score (nSPS) is 15.9. The van der Waals surface area contributed by atoms with Crippen molar-refractivity contribution in [2.24, 2.45) is 7.05 Å². The van der Waals surface area contributed by atoms with Gasteiger partial charge in [-0.2, -0.15) is 0 Å². The van der Waals surface area contributed by atoms with E-state index in [1.165, 1.54) is 27.7 Å². The fourth-order valence-electron chi connectivity index (χ4n) is 3.26. The number of hydrogen-bond acceptors (Lipinski definition) is 7. The first-order chi connectivity index (χ1) is 13.2. The van der Waals surface area contributed by atoms with E-state index >= 15 is 0 Å². The lowest BCUT2D eigenvalue weighted by atomic mass is 10.0. The van der Waals surface area contributed by atoms with E-state index in [1.54, 1.807) is 7.05 Å². The summed E-state index contributed by atoms with van der Waals surface area (Å²) in [6.45, 7) is 12.0. The van der Waals surface area contributed by atoms with Crippen LogP contribution >= 0.6 is 23.1 Å². The van der Waals surface area contributed by atoms with Gasteiger partial charge in [-0.1, -0.05) is 11.8 Å². The maximum Gasteiger partial charge on any atom is 0.262 e. The van der Waals surface area contributed by atoms with Crippen molar-refractivity contribution >= 4 is 39.2 Å². The van der Waals surface area contributed by atoms with Crippen LogP contribution < -0.4 is 10.9 Å². The highest BCUT2D eigenvalue weighted by molar-refractivity contribution is 7.99.